The van der Waals surface area contributed by atoms with E-state index in [9.17, 15) is 9.90 Å². The van der Waals surface area contributed by atoms with Gasteiger partial charge in [-0.15, -0.1) is 0 Å². The summed E-state index contributed by atoms with van der Waals surface area (Å²) in [5.41, 5.74) is 3.16. The topological polar surface area (TPSA) is 37.3 Å². The van der Waals surface area contributed by atoms with Gasteiger partial charge in [-0.25, -0.2) is 0 Å². The predicted molar refractivity (Wildman–Crippen MR) is 129 cm³/mol. The van der Waals surface area contributed by atoms with Crippen LogP contribution in [0.5, 0.6) is 0 Å². The Hall–Kier alpha value is -0.890. The summed E-state index contributed by atoms with van der Waals surface area (Å²) in [4.78, 5) is 12.7. The van der Waals surface area contributed by atoms with E-state index in [1.54, 1.807) is 0 Å². The number of allylic oxidation sites excluding steroid dienone is 4. The van der Waals surface area contributed by atoms with Crippen molar-refractivity contribution in [3.8, 4) is 0 Å². The first kappa shape index (κ1) is 23.3. The van der Waals surface area contributed by atoms with E-state index in [1.165, 1.54) is 43.3 Å². The number of hydrogen-bond acceptors (Lipinski definition) is 2. The summed E-state index contributed by atoms with van der Waals surface area (Å²) < 4.78 is 0. The van der Waals surface area contributed by atoms with Gasteiger partial charge in [0.2, 0.25) is 0 Å². The highest BCUT2D eigenvalue weighted by atomic mass is 16.3. The zero-order valence-corrected chi connectivity index (χ0v) is 21.0. The fourth-order valence-electron chi connectivity index (χ4n) is 9.04. The van der Waals surface area contributed by atoms with Gasteiger partial charge < -0.3 is 5.11 Å². The number of carbonyl (C=O) groups is 1. The van der Waals surface area contributed by atoms with E-state index in [0.29, 0.717) is 29.6 Å². The minimum atomic E-state index is -0.274. The summed E-state index contributed by atoms with van der Waals surface area (Å²) in [6.45, 7) is 14.1. The van der Waals surface area contributed by atoms with Gasteiger partial charge in [0, 0.05) is 18.4 Å². The van der Waals surface area contributed by atoms with Crippen LogP contribution in [-0.4, -0.2) is 17.5 Å². The van der Waals surface area contributed by atoms with E-state index >= 15 is 0 Å². The molecule has 3 saturated carbocycles. The monoisotopic (exact) mass is 426 g/mol. The van der Waals surface area contributed by atoms with E-state index < -0.39 is 0 Å². The standard InChI is InChI=1S/C29H46O2/c1-19(2)8-7-9-20(18-30)22-11-12-23-21-10-13-25-27(3,4)26(31)15-17-29(25,6)24(21)14-16-28(22,23)5/h8,13,20-24,30H,7,9-12,14-18H2,1-6H3/t20-,21-,22+,23-,24-,28+,29+/m0/s1. The van der Waals surface area contributed by atoms with E-state index in [1.807, 2.05) is 0 Å². The van der Waals surface area contributed by atoms with Crippen molar-refractivity contribution < 1.29 is 9.90 Å². The Balaban J connectivity index is 1.58. The maximum atomic E-state index is 12.7. The highest BCUT2D eigenvalue weighted by molar-refractivity contribution is 5.89. The molecule has 0 aliphatic heterocycles. The third-order valence-electron chi connectivity index (χ3n) is 10.7. The van der Waals surface area contributed by atoms with Crippen molar-refractivity contribution in [1.82, 2.24) is 0 Å². The molecule has 4 aliphatic carbocycles. The molecule has 0 unspecified atom stereocenters. The number of ketones is 1. The van der Waals surface area contributed by atoms with Gasteiger partial charge in [-0.2, -0.15) is 0 Å². The minimum Gasteiger partial charge on any atom is -0.396 e. The average Bonchev–Trinajstić information content (AvgIpc) is 3.05. The number of aliphatic hydroxyl groups is 1. The largest absolute Gasteiger partial charge is 0.396 e. The van der Waals surface area contributed by atoms with Crippen molar-refractivity contribution in [2.24, 2.45) is 45.8 Å². The average molecular weight is 427 g/mol. The molecule has 1 N–H and O–H groups in total. The molecule has 174 valence electrons. The maximum absolute atomic E-state index is 12.7. The second kappa shape index (κ2) is 8.15. The molecule has 0 aromatic rings. The van der Waals surface area contributed by atoms with Gasteiger partial charge in [-0.3, -0.25) is 4.79 Å². The highest BCUT2D eigenvalue weighted by Gasteiger charge is 2.61. The van der Waals surface area contributed by atoms with E-state index in [2.05, 4.69) is 53.7 Å². The third-order valence-corrected chi connectivity index (χ3v) is 10.7. The Labute approximate surface area is 191 Å². The smallest absolute Gasteiger partial charge is 0.142 e. The molecule has 0 amide bonds. The Kier molecular flexibility index (Phi) is 6.12. The van der Waals surface area contributed by atoms with Gasteiger partial charge in [-0.05, 0) is 119 Å². The van der Waals surface area contributed by atoms with Crippen LogP contribution in [0.1, 0.15) is 99.3 Å². The lowest BCUT2D eigenvalue weighted by atomic mass is 9.44. The molecule has 0 saturated heterocycles. The molecule has 4 rings (SSSR count). The van der Waals surface area contributed by atoms with Crippen molar-refractivity contribution in [3.05, 3.63) is 23.3 Å². The fraction of sp³-hybridized carbons (Fsp3) is 0.828. The van der Waals surface area contributed by atoms with Gasteiger partial charge in [0.25, 0.3) is 0 Å². The van der Waals surface area contributed by atoms with Crippen molar-refractivity contribution in [2.75, 3.05) is 6.61 Å². The summed E-state index contributed by atoms with van der Waals surface area (Å²) in [6.07, 6.45) is 15.3. The molecule has 7 atom stereocenters. The second-order valence-electron chi connectivity index (χ2n) is 12.7. The molecule has 4 aliphatic rings. The highest BCUT2D eigenvalue weighted by Crippen LogP contribution is 2.68. The third kappa shape index (κ3) is 3.60. The Morgan fingerprint density at radius 1 is 1.13 bits per heavy atom. The van der Waals surface area contributed by atoms with Crippen LogP contribution in [0.4, 0.5) is 0 Å². The molecule has 3 fully saturated rings. The zero-order valence-electron chi connectivity index (χ0n) is 21.0. The lowest BCUT2D eigenvalue weighted by Gasteiger charge is -2.60. The van der Waals surface area contributed by atoms with Crippen molar-refractivity contribution in [2.45, 2.75) is 99.3 Å². The molecule has 0 aromatic heterocycles. The van der Waals surface area contributed by atoms with Crippen molar-refractivity contribution in [3.63, 3.8) is 0 Å². The Morgan fingerprint density at radius 3 is 2.55 bits per heavy atom. The van der Waals surface area contributed by atoms with Crippen LogP contribution in [0.25, 0.3) is 0 Å². The molecule has 0 radical (unpaired) electrons. The molecule has 0 aromatic carbocycles. The number of carbonyl (C=O) groups excluding carboxylic acids is 1. The van der Waals surface area contributed by atoms with E-state index in [-0.39, 0.29) is 10.8 Å². The van der Waals surface area contributed by atoms with Crippen LogP contribution < -0.4 is 0 Å². The molecular formula is C29H46O2. The van der Waals surface area contributed by atoms with Gasteiger partial charge in [0.15, 0.2) is 0 Å². The Morgan fingerprint density at radius 2 is 1.87 bits per heavy atom. The van der Waals surface area contributed by atoms with Crippen molar-refractivity contribution >= 4 is 5.78 Å². The summed E-state index contributed by atoms with van der Waals surface area (Å²) in [6, 6.07) is 0. The van der Waals surface area contributed by atoms with Crippen molar-refractivity contribution in [1.29, 1.82) is 0 Å². The van der Waals surface area contributed by atoms with Crippen LogP contribution in [-0.2, 0) is 4.79 Å². The van der Waals surface area contributed by atoms with Gasteiger partial charge in [0.05, 0.1) is 0 Å². The molecule has 2 nitrogen and oxygen atoms in total. The van der Waals surface area contributed by atoms with Crippen LogP contribution in [0.3, 0.4) is 0 Å². The number of aliphatic hydroxyl groups excluding tert-OH is 1. The maximum Gasteiger partial charge on any atom is 0.142 e. The van der Waals surface area contributed by atoms with E-state index in [4.69, 9.17) is 0 Å². The van der Waals surface area contributed by atoms with Gasteiger partial charge in [0.1, 0.15) is 5.78 Å². The fourth-order valence-corrected chi connectivity index (χ4v) is 9.04. The first-order chi connectivity index (χ1) is 14.6. The normalized spacial score (nSPS) is 42.2. The molecular weight excluding hydrogens is 380 g/mol. The molecule has 0 heterocycles. The first-order valence-electron chi connectivity index (χ1n) is 13.0. The minimum absolute atomic E-state index is 0.208. The van der Waals surface area contributed by atoms with Crippen LogP contribution in [0.15, 0.2) is 23.3 Å². The summed E-state index contributed by atoms with van der Waals surface area (Å²) in [5, 5.41) is 10.3. The molecule has 31 heavy (non-hydrogen) atoms. The van der Waals surface area contributed by atoms with E-state index in [0.717, 1.165) is 43.4 Å². The van der Waals surface area contributed by atoms with Crippen LogP contribution in [0.2, 0.25) is 0 Å². The quantitative estimate of drug-likeness (QED) is 0.475. The van der Waals surface area contributed by atoms with Crippen LogP contribution in [0, 0.1) is 45.8 Å². The number of hydrogen-bond donors (Lipinski definition) is 1. The Bertz CT molecular complexity index is 770. The molecule has 0 bridgehead atoms. The predicted octanol–water partition coefficient (Wildman–Crippen LogP) is 7.13. The summed E-state index contributed by atoms with van der Waals surface area (Å²) in [5.74, 6) is 3.83. The number of rotatable bonds is 5. The molecule has 0 spiro atoms. The summed E-state index contributed by atoms with van der Waals surface area (Å²) >= 11 is 0. The lowest BCUT2D eigenvalue weighted by Crippen LogP contribution is -2.53. The van der Waals surface area contributed by atoms with Gasteiger partial charge >= 0.3 is 0 Å². The molecule has 2 heteroatoms. The zero-order chi connectivity index (χ0) is 22.6. The summed E-state index contributed by atoms with van der Waals surface area (Å²) in [7, 11) is 0. The van der Waals surface area contributed by atoms with Gasteiger partial charge in [-0.1, -0.05) is 37.1 Å². The second-order valence-corrected chi connectivity index (χ2v) is 12.7. The number of Topliss-reactive ketones (excluding diaryl/α,β-unsaturated/α-hetero) is 1. The van der Waals surface area contributed by atoms with Crippen LogP contribution >= 0.6 is 0 Å². The number of fused-ring (bicyclic) bond motifs is 5. The SMILES string of the molecule is CC(C)=CCC[C@@H](CO)[C@H]1CC[C@H]2[C@@H]3CC=C4C(C)(C)C(=O)CC[C@]4(C)[C@H]3CC[C@]12C. The first-order valence-corrected chi connectivity index (χ1v) is 13.0. The lowest BCUT2D eigenvalue weighted by molar-refractivity contribution is -0.132.